The van der Waals surface area contributed by atoms with Gasteiger partial charge in [0.2, 0.25) is 5.91 Å². The van der Waals surface area contributed by atoms with Crippen molar-refractivity contribution in [3.8, 4) is 5.75 Å². The van der Waals surface area contributed by atoms with Crippen molar-refractivity contribution < 1.29 is 9.53 Å². The summed E-state index contributed by atoms with van der Waals surface area (Å²) in [4.78, 5) is 12.3. The first-order valence-electron chi connectivity index (χ1n) is 6.60. The molecule has 0 unspecified atom stereocenters. The molecule has 3 N–H and O–H groups in total. The van der Waals surface area contributed by atoms with E-state index in [1.165, 1.54) is 7.11 Å². The van der Waals surface area contributed by atoms with Crippen molar-refractivity contribution in [1.29, 1.82) is 0 Å². The van der Waals surface area contributed by atoms with Crippen LogP contribution >= 0.6 is 35.6 Å². The Hall–Kier alpha value is -0.680. The van der Waals surface area contributed by atoms with Gasteiger partial charge in [0.15, 0.2) is 5.75 Å². The molecule has 118 valence electrons. The van der Waals surface area contributed by atoms with Crippen molar-refractivity contribution in [1.82, 2.24) is 0 Å². The molecule has 4 nitrogen and oxygen atoms in total. The van der Waals surface area contributed by atoms with Gasteiger partial charge in [-0.05, 0) is 37.4 Å². The smallest absolute Gasteiger partial charge is 0.227 e. The Morgan fingerprint density at radius 2 is 2.00 bits per heavy atom. The molecule has 0 aliphatic heterocycles. The van der Waals surface area contributed by atoms with Crippen molar-refractivity contribution >= 4 is 47.2 Å². The van der Waals surface area contributed by atoms with Crippen molar-refractivity contribution in [2.45, 2.75) is 19.3 Å². The van der Waals surface area contributed by atoms with Gasteiger partial charge >= 0.3 is 0 Å². The SMILES string of the molecule is COc1c(Cl)cc(NC(=O)[C@@H]2CCC[C@@H]2CN)cc1Cl.Cl. The summed E-state index contributed by atoms with van der Waals surface area (Å²) in [5.41, 5.74) is 6.28. The number of carbonyl (C=O) groups is 1. The summed E-state index contributed by atoms with van der Waals surface area (Å²) < 4.78 is 5.08. The van der Waals surface area contributed by atoms with E-state index < -0.39 is 0 Å². The average molecular weight is 354 g/mol. The first-order valence-corrected chi connectivity index (χ1v) is 7.36. The summed E-state index contributed by atoms with van der Waals surface area (Å²) in [6.45, 7) is 0.544. The van der Waals surface area contributed by atoms with Gasteiger partial charge in [0, 0.05) is 11.6 Å². The largest absolute Gasteiger partial charge is 0.494 e. The number of nitrogens with two attached hydrogens (primary N) is 1. The topological polar surface area (TPSA) is 64.3 Å². The molecule has 0 bridgehead atoms. The molecule has 1 fully saturated rings. The van der Waals surface area contributed by atoms with E-state index in [2.05, 4.69) is 5.32 Å². The zero-order valence-corrected chi connectivity index (χ0v) is 14.0. The van der Waals surface area contributed by atoms with Gasteiger partial charge in [-0.2, -0.15) is 0 Å². The van der Waals surface area contributed by atoms with E-state index >= 15 is 0 Å². The number of halogens is 3. The fourth-order valence-corrected chi connectivity index (χ4v) is 3.37. The summed E-state index contributed by atoms with van der Waals surface area (Å²) in [6, 6.07) is 3.27. The van der Waals surface area contributed by atoms with Gasteiger partial charge in [-0.15, -0.1) is 12.4 Å². The van der Waals surface area contributed by atoms with E-state index in [4.69, 9.17) is 33.7 Å². The van der Waals surface area contributed by atoms with Crippen LogP contribution in [0, 0.1) is 11.8 Å². The number of benzene rings is 1. The number of amides is 1. The summed E-state index contributed by atoms with van der Waals surface area (Å²) in [7, 11) is 1.50. The number of ether oxygens (including phenoxy) is 1. The molecule has 1 aromatic carbocycles. The van der Waals surface area contributed by atoms with Crippen LogP contribution < -0.4 is 15.8 Å². The maximum atomic E-state index is 12.3. The standard InChI is InChI=1S/C14H18Cl2N2O2.ClH/c1-20-13-11(15)5-9(6-12(13)16)18-14(19)10-4-2-3-8(10)7-17;/h5-6,8,10H,2-4,7,17H2,1H3,(H,18,19);1H/t8-,10-;/m1./s1. The van der Waals surface area contributed by atoms with Gasteiger partial charge in [0.25, 0.3) is 0 Å². The summed E-state index contributed by atoms with van der Waals surface area (Å²) >= 11 is 12.1. The Bertz CT molecular complexity index is 488. The van der Waals surface area contributed by atoms with Gasteiger partial charge in [-0.3, -0.25) is 4.79 Å². The highest BCUT2D eigenvalue weighted by molar-refractivity contribution is 6.37. The number of methoxy groups -OCH3 is 1. The minimum atomic E-state index is -0.0281. The second kappa shape index (κ2) is 8.08. The Morgan fingerprint density at radius 3 is 2.52 bits per heavy atom. The molecule has 1 aliphatic rings. The van der Waals surface area contributed by atoms with Crippen LogP contribution in [0.5, 0.6) is 5.75 Å². The van der Waals surface area contributed by atoms with E-state index in [9.17, 15) is 4.79 Å². The van der Waals surface area contributed by atoms with Gasteiger partial charge in [-0.25, -0.2) is 0 Å². The third-order valence-electron chi connectivity index (χ3n) is 3.77. The highest BCUT2D eigenvalue weighted by atomic mass is 35.5. The minimum absolute atomic E-state index is 0. The fourth-order valence-electron chi connectivity index (χ4n) is 2.73. The van der Waals surface area contributed by atoms with Crippen LogP contribution in [-0.2, 0) is 4.79 Å². The predicted octanol–water partition coefficient (Wildman–Crippen LogP) is 3.74. The lowest BCUT2D eigenvalue weighted by Gasteiger charge is -2.18. The number of hydrogen-bond acceptors (Lipinski definition) is 3. The fraction of sp³-hybridized carbons (Fsp3) is 0.500. The van der Waals surface area contributed by atoms with E-state index in [0.717, 1.165) is 19.3 Å². The Kier molecular flexibility index (Phi) is 7.07. The molecule has 21 heavy (non-hydrogen) atoms. The molecule has 2 rings (SSSR count). The lowest BCUT2D eigenvalue weighted by molar-refractivity contribution is -0.120. The van der Waals surface area contributed by atoms with Crippen LogP contribution in [0.3, 0.4) is 0 Å². The Labute approximate surface area is 140 Å². The molecule has 1 saturated carbocycles. The number of hydrogen-bond donors (Lipinski definition) is 2. The van der Waals surface area contributed by atoms with Crippen LogP contribution in [0.25, 0.3) is 0 Å². The highest BCUT2D eigenvalue weighted by Crippen LogP contribution is 2.37. The molecular formula is C14H19Cl3N2O2. The van der Waals surface area contributed by atoms with Crippen LogP contribution in [-0.4, -0.2) is 19.6 Å². The molecule has 1 amide bonds. The summed E-state index contributed by atoms with van der Waals surface area (Å²) in [6.07, 6.45) is 2.94. The van der Waals surface area contributed by atoms with E-state index in [1.54, 1.807) is 12.1 Å². The summed E-state index contributed by atoms with van der Waals surface area (Å²) in [5, 5.41) is 3.61. The Balaban J connectivity index is 0.00000220. The zero-order chi connectivity index (χ0) is 14.7. The van der Waals surface area contributed by atoms with Crippen LogP contribution in [0.1, 0.15) is 19.3 Å². The predicted molar refractivity (Wildman–Crippen MR) is 88.8 cm³/mol. The second-order valence-electron chi connectivity index (χ2n) is 5.00. The lowest BCUT2D eigenvalue weighted by Crippen LogP contribution is -2.29. The molecule has 0 spiro atoms. The van der Waals surface area contributed by atoms with Crippen LogP contribution in [0.15, 0.2) is 12.1 Å². The molecule has 2 atom stereocenters. The monoisotopic (exact) mass is 352 g/mol. The number of carbonyl (C=O) groups excluding carboxylic acids is 1. The second-order valence-corrected chi connectivity index (χ2v) is 5.81. The van der Waals surface area contributed by atoms with Crippen LogP contribution in [0.2, 0.25) is 10.0 Å². The van der Waals surface area contributed by atoms with Crippen molar-refractivity contribution in [3.63, 3.8) is 0 Å². The number of rotatable bonds is 4. The number of anilines is 1. The highest BCUT2D eigenvalue weighted by Gasteiger charge is 2.32. The first-order chi connectivity index (χ1) is 9.56. The molecule has 1 aliphatic carbocycles. The lowest BCUT2D eigenvalue weighted by atomic mass is 9.95. The molecular weight excluding hydrogens is 335 g/mol. The summed E-state index contributed by atoms with van der Waals surface area (Å²) in [5.74, 6) is 0.626. The maximum absolute atomic E-state index is 12.3. The molecule has 0 heterocycles. The van der Waals surface area contributed by atoms with Crippen molar-refractivity contribution in [2.24, 2.45) is 17.6 Å². The van der Waals surface area contributed by atoms with Gasteiger partial charge in [0.05, 0.1) is 17.2 Å². The molecule has 0 saturated heterocycles. The molecule has 0 radical (unpaired) electrons. The maximum Gasteiger partial charge on any atom is 0.227 e. The van der Waals surface area contributed by atoms with Crippen LogP contribution in [0.4, 0.5) is 5.69 Å². The zero-order valence-electron chi connectivity index (χ0n) is 11.7. The van der Waals surface area contributed by atoms with E-state index in [0.29, 0.717) is 28.0 Å². The normalized spacial score (nSPS) is 20.8. The minimum Gasteiger partial charge on any atom is -0.494 e. The van der Waals surface area contributed by atoms with Gasteiger partial charge in [-0.1, -0.05) is 29.6 Å². The van der Waals surface area contributed by atoms with E-state index in [-0.39, 0.29) is 30.2 Å². The molecule has 1 aromatic rings. The van der Waals surface area contributed by atoms with Gasteiger partial charge in [0.1, 0.15) is 0 Å². The molecule has 0 aromatic heterocycles. The third-order valence-corrected chi connectivity index (χ3v) is 4.33. The Morgan fingerprint density at radius 1 is 1.38 bits per heavy atom. The van der Waals surface area contributed by atoms with E-state index in [1.807, 2.05) is 0 Å². The average Bonchev–Trinajstić information content (AvgIpc) is 2.86. The number of nitrogens with one attached hydrogen (secondary N) is 1. The van der Waals surface area contributed by atoms with Crippen molar-refractivity contribution in [3.05, 3.63) is 22.2 Å². The third kappa shape index (κ3) is 4.16. The van der Waals surface area contributed by atoms with Crippen molar-refractivity contribution in [2.75, 3.05) is 19.0 Å². The quantitative estimate of drug-likeness (QED) is 0.866. The molecule has 7 heteroatoms. The van der Waals surface area contributed by atoms with Gasteiger partial charge < -0.3 is 15.8 Å². The first kappa shape index (κ1) is 18.4.